The summed E-state index contributed by atoms with van der Waals surface area (Å²) < 4.78 is 0.956. The molecule has 2 aromatic rings. The van der Waals surface area contributed by atoms with Gasteiger partial charge in [0.15, 0.2) is 0 Å². The van der Waals surface area contributed by atoms with E-state index < -0.39 is 0 Å². The molecule has 0 atom stereocenters. The van der Waals surface area contributed by atoms with Gasteiger partial charge in [0.2, 0.25) is 0 Å². The van der Waals surface area contributed by atoms with E-state index in [0.717, 1.165) is 21.3 Å². The molecule has 1 aromatic heterocycles. The number of aromatic nitrogens is 1. The number of rotatable bonds is 1. The zero-order chi connectivity index (χ0) is 9.97. The van der Waals surface area contributed by atoms with Gasteiger partial charge in [0.25, 0.3) is 0 Å². The maximum absolute atomic E-state index is 5.88. The van der Waals surface area contributed by atoms with Crippen LogP contribution in [0.5, 0.6) is 0 Å². The summed E-state index contributed by atoms with van der Waals surface area (Å²) in [5.74, 6) is 0. The lowest BCUT2D eigenvalue weighted by Gasteiger charge is -2.06. The van der Waals surface area contributed by atoms with Crippen molar-refractivity contribution in [2.75, 3.05) is 5.73 Å². The first-order valence-corrected chi connectivity index (χ1v) is 5.03. The molecule has 0 aliphatic rings. The van der Waals surface area contributed by atoms with Crippen LogP contribution in [0.1, 0.15) is 0 Å². The number of halogens is 1. The molecule has 70 valence electrons. The van der Waals surface area contributed by atoms with Crippen molar-refractivity contribution in [1.82, 2.24) is 4.98 Å². The molecule has 2 N–H and O–H groups in total. The number of nitrogens with two attached hydrogens (primary N) is 1. The summed E-state index contributed by atoms with van der Waals surface area (Å²) >= 11 is 3.45. The largest absolute Gasteiger partial charge is 0.398 e. The normalized spacial score (nSPS) is 10.1. The number of nitrogen functional groups attached to an aromatic ring is 1. The Balaban J connectivity index is 2.61. The molecular weight excluding hydrogens is 240 g/mol. The summed E-state index contributed by atoms with van der Waals surface area (Å²) in [7, 11) is 0. The van der Waals surface area contributed by atoms with Crippen molar-refractivity contribution in [3.63, 3.8) is 0 Å². The molecule has 0 aliphatic carbocycles. The first kappa shape index (κ1) is 9.21. The number of hydrogen-bond acceptors (Lipinski definition) is 2. The summed E-state index contributed by atoms with van der Waals surface area (Å²) in [6.45, 7) is 0. The maximum atomic E-state index is 5.88. The highest BCUT2D eigenvalue weighted by molar-refractivity contribution is 9.10. The van der Waals surface area contributed by atoms with Crippen LogP contribution >= 0.6 is 15.9 Å². The zero-order valence-electron chi connectivity index (χ0n) is 7.44. The second-order valence-corrected chi connectivity index (χ2v) is 3.80. The molecule has 3 heteroatoms. The highest BCUT2D eigenvalue weighted by Crippen LogP contribution is 2.30. The third-order valence-corrected chi connectivity index (χ3v) is 2.66. The predicted octanol–water partition coefficient (Wildman–Crippen LogP) is 3.09. The summed E-state index contributed by atoms with van der Waals surface area (Å²) in [6, 6.07) is 9.72. The Hall–Kier alpha value is -1.35. The second-order valence-electron chi connectivity index (χ2n) is 2.94. The Morgan fingerprint density at radius 2 is 1.86 bits per heavy atom. The Labute approximate surface area is 90.9 Å². The SMILES string of the molecule is Nc1ccccc1-c1ccncc1Br. The molecule has 0 fully saturated rings. The van der Waals surface area contributed by atoms with E-state index >= 15 is 0 Å². The monoisotopic (exact) mass is 248 g/mol. The van der Waals surface area contributed by atoms with Crippen molar-refractivity contribution in [3.05, 3.63) is 47.2 Å². The van der Waals surface area contributed by atoms with Gasteiger partial charge in [0.1, 0.15) is 0 Å². The third kappa shape index (κ3) is 1.63. The van der Waals surface area contributed by atoms with Crippen LogP contribution in [0.4, 0.5) is 5.69 Å². The Kier molecular flexibility index (Phi) is 2.50. The van der Waals surface area contributed by atoms with E-state index in [1.54, 1.807) is 12.4 Å². The van der Waals surface area contributed by atoms with Crippen LogP contribution in [0.15, 0.2) is 47.2 Å². The molecule has 2 rings (SSSR count). The van der Waals surface area contributed by atoms with Gasteiger partial charge in [-0.25, -0.2) is 0 Å². The molecule has 0 spiro atoms. The summed E-state index contributed by atoms with van der Waals surface area (Å²) in [4.78, 5) is 4.01. The fraction of sp³-hybridized carbons (Fsp3) is 0. The Bertz CT molecular complexity index is 411. The first-order valence-electron chi connectivity index (χ1n) is 4.23. The minimum atomic E-state index is 0.777. The van der Waals surface area contributed by atoms with E-state index in [9.17, 15) is 0 Å². The van der Waals surface area contributed by atoms with E-state index in [4.69, 9.17) is 5.73 Å². The topological polar surface area (TPSA) is 38.9 Å². The third-order valence-electron chi connectivity index (χ3n) is 2.02. The van der Waals surface area contributed by atoms with Gasteiger partial charge >= 0.3 is 0 Å². The van der Waals surface area contributed by atoms with Gasteiger partial charge in [-0.2, -0.15) is 0 Å². The van der Waals surface area contributed by atoms with Crippen LogP contribution in [0.3, 0.4) is 0 Å². The molecule has 1 heterocycles. The lowest BCUT2D eigenvalue weighted by molar-refractivity contribution is 1.31. The van der Waals surface area contributed by atoms with Crippen LogP contribution in [0, 0.1) is 0 Å². The standard InChI is InChI=1S/C11H9BrN2/c12-10-7-14-6-5-8(10)9-3-1-2-4-11(9)13/h1-7H,13H2. The molecule has 0 aliphatic heterocycles. The quantitative estimate of drug-likeness (QED) is 0.788. The molecular formula is C11H9BrN2. The van der Waals surface area contributed by atoms with Crippen molar-refractivity contribution >= 4 is 21.6 Å². The van der Waals surface area contributed by atoms with Crippen LogP contribution in [0.25, 0.3) is 11.1 Å². The van der Waals surface area contributed by atoms with E-state index in [1.165, 1.54) is 0 Å². The van der Waals surface area contributed by atoms with Crippen LogP contribution in [0.2, 0.25) is 0 Å². The summed E-state index contributed by atoms with van der Waals surface area (Å²) in [5, 5.41) is 0. The van der Waals surface area contributed by atoms with Gasteiger partial charge in [-0.1, -0.05) is 18.2 Å². The fourth-order valence-corrected chi connectivity index (χ4v) is 1.80. The molecule has 0 saturated carbocycles. The van der Waals surface area contributed by atoms with Gasteiger partial charge < -0.3 is 5.73 Å². The lowest BCUT2D eigenvalue weighted by Crippen LogP contribution is -1.90. The average molecular weight is 249 g/mol. The molecule has 0 radical (unpaired) electrons. The molecule has 0 saturated heterocycles. The lowest BCUT2D eigenvalue weighted by atomic mass is 10.1. The smallest absolute Gasteiger partial charge is 0.0437 e. The minimum Gasteiger partial charge on any atom is -0.398 e. The average Bonchev–Trinajstić information content (AvgIpc) is 2.20. The number of hydrogen-bond donors (Lipinski definition) is 1. The van der Waals surface area contributed by atoms with Crippen molar-refractivity contribution in [2.24, 2.45) is 0 Å². The van der Waals surface area contributed by atoms with Crippen molar-refractivity contribution in [2.45, 2.75) is 0 Å². The summed E-state index contributed by atoms with van der Waals surface area (Å²) in [6.07, 6.45) is 3.52. The number of para-hydroxylation sites is 1. The number of pyridine rings is 1. The van der Waals surface area contributed by atoms with E-state index in [-0.39, 0.29) is 0 Å². The first-order chi connectivity index (χ1) is 6.79. The molecule has 1 aromatic carbocycles. The Morgan fingerprint density at radius 3 is 2.57 bits per heavy atom. The van der Waals surface area contributed by atoms with Gasteiger partial charge in [-0.05, 0) is 28.1 Å². The van der Waals surface area contributed by atoms with E-state index in [2.05, 4.69) is 20.9 Å². The van der Waals surface area contributed by atoms with Crippen LogP contribution in [-0.2, 0) is 0 Å². The number of nitrogens with zero attached hydrogens (tertiary/aromatic N) is 1. The van der Waals surface area contributed by atoms with E-state index in [1.807, 2.05) is 30.3 Å². The van der Waals surface area contributed by atoms with Gasteiger partial charge in [-0.15, -0.1) is 0 Å². The van der Waals surface area contributed by atoms with Crippen molar-refractivity contribution < 1.29 is 0 Å². The van der Waals surface area contributed by atoms with Crippen molar-refractivity contribution in [3.8, 4) is 11.1 Å². The van der Waals surface area contributed by atoms with Gasteiger partial charge in [-0.3, -0.25) is 4.98 Å². The molecule has 14 heavy (non-hydrogen) atoms. The molecule has 0 unspecified atom stereocenters. The highest BCUT2D eigenvalue weighted by Gasteiger charge is 2.04. The second kappa shape index (κ2) is 3.80. The van der Waals surface area contributed by atoms with E-state index in [0.29, 0.717) is 0 Å². The van der Waals surface area contributed by atoms with Crippen LogP contribution < -0.4 is 5.73 Å². The maximum Gasteiger partial charge on any atom is 0.0437 e. The van der Waals surface area contributed by atoms with Crippen molar-refractivity contribution in [1.29, 1.82) is 0 Å². The number of anilines is 1. The molecule has 2 nitrogen and oxygen atoms in total. The van der Waals surface area contributed by atoms with Gasteiger partial charge in [0.05, 0.1) is 0 Å². The molecule has 0 amide bonds. The van der Waals surface area contributed by atoms with Crippen LogP contribution in [-0.4, -0.2) is 4.98 Å². The minimum absolute atomic E-state index is 0.777. The predicted molar refractivity (Wildman–Crippen MR) is 61.8 cm³/mol. The van der Waals surface area contributed by atoms with Gasteiger partial charge in [0, 0.05) is 33.7 Å². The zero-order valence-corrected chi connectivity index (χ0v) is 9.03. The Morgan fingerprint density at radius 1 is 1.07 bits per heavy atom. The number of benzene rings is 1. The highest BCUT2D eigenvalue weighted by atomic mass is 79.9. The summed E-state index contributed by atoms with van der Waals surface area (Å²) in [5.41, 5.74) is 8.75. The fourth-order valence-electron chi connectivity index (χ4n) is 1.34. The molecule has 0 bridgehead atoms.